The van der Waals surface area contributed by atoms with E-state index in [1.165, 1.54) is 11.1 Å². The molecule has 0 heterocycles. The number of phenols is 1. The van der Waals surface area contributed by atoms with E-state index in [9.17, 15) is 5.11 Å². The fourth-order valence-corrected chi connectivity index (χ4v) is 2.61. The van der Waals surface area contributed by atoms with E-state index in [1.54, 1.807) is 19.2 Å². The molecule has 0 bridgehead atoms. The highest BCUT2D eigenvalue weighted by molar-refractivity contribution is 5.33. The van der Waals surface area contributed by atoms with Crippen LogP contribution in [0.5, 0.6) is 11.5 Å². The second-order valence-corrected chi connectivity index (χ2v) is 5.77. The zero-order chi connectivity index (χ0) is 15.8. The van der Waals surface area contributed by atoms with Crippen molar-refractivity contribution in [3.8, 4) is 11.5 Å². The Morgan fingerprint density at radius 1 is 1.05 bits per heavy atom. The molecule has 0 aliphatic carbocycles. The van der Waals surface area contributed by atoms with Crippen LogP contribution in [0.3, 0.4) is 0 Å². The average Bonchev–Trinajstić information content (AvgIpc) is 2.55. The van der Waals surface area contributed by atoms with Crippen molar-refractivity contribution in [3.63, 3.8) is 0 Å². The van der Waals surface area contributed by atoms with E-state index in [1.807, 2.05) is 24.3 Å². The summed E-state index contributed by atoms with van der Waals surface area (Å²) in [6, 6.07) is 16.3. The Labute approximate surface area is 133 Å². The van der Waals surface area contributed by atoms with E-state index in [2.05, 4.69) is 24.4 Å². The maximum atomic E-state index is 9.28. The molecular weight excluding hydrogens is 274 g/mol. The number of methoxy groups -OCH3 is 1. The molecule has 2 aromatic carbocycles. The lowest BCUT2D eigenvalue weighted by atomic mass is 10.1. The third kappa shape index (κ3) is 5.08. The largest absolute Gasteiger partial charge is 0.508 e. The van der Waals surface area contributed by atoms with Crippen molar-refractivity contribution in [3.05, 3.63) is 59.7 Å². The van der Waals surface area contributed by atoms with Crippen LogP contribution in [0, 0.1) is 0 Å². The minimum Gasteiger partial charge on any atom is -0.508 e. The zero-order valence-electron chi connectivity index (χ0n) is 13.5. The van der Waals surface area contributed by atoms with Gasteiger partial charge in [-0.1, -0.05) is 30.3 Å². The summed E-state index contributed by atoms with van der Waals surface area (Å²) in [5, 5.41) is 11.7. The van der Waals surface area contributed by atoms with Gasteiger partial charge in [0.2, 0.25) is 0 Å². The standard InChI is InChI=1S/C19H25NO2/c1-15(7-8-16-9-11-18(21)12-10-16)20-14-13-17-5-3-4-6-19(17)22-2/h3-6,9-12,15,20-21H,7-8,13-14H2,1-2H3/p+1/t15-/m0/s1. The second kappa shape index (κ2) is 8.44. The Hall–Kier alpha value is -2.00. The van der Waals surface area contributed by atoms with Gasteiger partial charge < -0.3 is 15.2 Å². The molecule has 0 radical (unpaired) electrons. The zero-order valence-corrected chi connectivity index (χ0v) is 13.5. The normalized spacial score (nSPS) is 12.1. The van der Waals surface area contributed by atoms with Crippen LogP contribution in [0.1, 0.15) is 24.5 Å². The number of aromatic hydroxyl groups is 1. The smallest absolute Gasteiger partial charge is 0.122 e. The highest BCUT2D eigenvalue weighted by Gasteiger charge is 2.07. The van der Waals surface area contributed by atoms with Gasteiger partial charge in [-0.05, 0) is 42.7 Å². The van der Waals surface area contributed by atoms with Crippen molar-refractivity contribution in [2.45, 2.75) is 32.2 Å². The number of hydrogen-bond donors (Lipinski definition) is 2. The molecule has 3 heteroatoms. The van der Waals surface area contributed by atoms with Gasteiger partial charge in [0.1, 0.15) is 11.5 Å². The summed E-state index contributed by atoms with van der Waals surface area (Å²) in [4.78, 5) is 0. The fraction of sp³-hybridized carbons (Fsp3) is 0.368. The Balaban J connectivity index is 1.71. The topological polar surface area (TPSA) is 46.1 Å². The van der Waals surface area contributed by atoms with Crippen LogP contribution >= 0.6 is 0 Å². The summed E-state index contributed by atoms with van der Waals surface area (Å²) in [6.07, 6.45) is 3.21. The van der Waals surface area contributed by atoms with Crippen LogP contribution in [-0.4, -0.2) is 24.8 Å². The van der Waals surface area contributed by atoms with Crippen LogP contribution in [0.2, 0.25) is 0 Å². The lowest BCUT2D eigenvalue weighted by Gasteiger charge is -2.12. The molecule has 118 valence electrons. The van der Waals surface area contributed by atoms with E-state index in [0.717, 1.165) is 31.6 Å². The van der Waals surface area contributed by atoms with Gasteiger partial charge in [0, 0.05) is 12.8 Å². The quantitative estimate of drug-likeness (QED) is 0.787. The van der Waals surface area contributed by atoms with Gasteiger partial charge in [0.25, 0.3) is 0 Å². The third-order valence-electron chi connectivity index (χ3n) is 4.00. The Morgan fingerprint density at radius 3 is 2.50 bits per heavy atom. The van der Waals surface area contributed by atoms with E-state index >= 15 is 0 Å². The van der Waals surface area contributed by atoms with E-state index < -0.39 is 0 Å². The molecule has 22 heavy (non-hydrogen) atoms. The maximum absolute atomic E-state index is 9.28. The molecule has 3 nitrogen and oxygen atoms in total. The minimum atomic E-state index is 0.333. The first-order valence-corrected chi connectivity index (χ1v) is 7.92. The number of hydrogen-bond acceptors (Lipinski definition) is 2. The number of benzene rings is 2. The number of para-hydroxylation sites is 1. The average molecular weight is 300 g/mol. The second-order valence-electron chi connectivity index (χ2n) is 5.77. The van der Waals surface area contributed by atoms with Crippen molar-refractivity contribution < 1.29 is 15.2 Å². The van der Waals surface area contributed by atoms with Crippen molar-refractivity contribution >= 4 is 0 Å². The van der Waals surface area contributed by atoms with Gasteiger partial charge in [-0.2, -0.15) is 0 Å². The molecule has 0 aliphatic heterocycles. The van der Waals surface area contributed by atoms with Crippen molar-refractivity contribution in [2.75, 3.05) is 13.7 Å². The highest BCUT2D eigenvalue weighted by Crippen LogP contribution is 2.16. The molecule has 0 saturated heterocycles. The van der Waals surface area contributed by atoms with Gasteiger partial charge in [0.05, 0.1) is 19.7 Å². The van der Waals surface area contributed by atoms with Gasteiger partial charge in [0.15, 0.2) is 0 Å². The molecular formula is C19H26NO2+. The molecule has 0 fully saturated rings. The fourth-order valence-electron chi connectivity index (χ4n) is 2.61. The molecule has 0 aliphatic rings. The minimum absolute atomic E-state index is 0.333. The first kappa shape index (κ1) is 16.4. The Bertz CT molecular complexity index is 566. The molecule has 0 aromatic heterocycles. The molecule has 0 amide bonds. The molecule has 3 N–H and O–H groups in total. The predicted molar refractivity (Wildman–Crippen MR) is 89.4 cm³/mol. The first-order valence-electron chi connectivity index (χ1n) is 7.92. The van der Waals surface area contributed by atoms with Crippen LogP contribution in [0.25, 0.3) is 0 Å². The van der Waals surface area contributed by atoms with Gasteiger partial charge in [-0.25, -0.2) is 0 Å². The first-order chi connectivity index (χ1) is 10.7. The molecule has 0 spiro atoms. The van der Waals surface area contributed by atoms with E-state index in [0.29, 0.717) is 11.8 Å². The molecule has 2 aromatic rings. The van der Waals surface area contributed by atoms with Crippen LogP contribution in [0.15, 0.2) is 48.5 Å². The highest BCUT2D eigenvalue weighted by atomic mass is 16.5. The van der Waals surface area contributed by atoms with Crippen molar-refractivity contribution in [2.24, 2.45) is 0 Å². The number of phenolic OH excluding ortho intramolecular Hbond substituents is 1. The van der Waals surface area contributed by atoms with E-state index in [4.69, 9.17) is 4.74 Å². The van der Waals surface area contributed by atoms with Crippen molar-refractivity contribution in [1.29, 1.82) is 0 Å². The van der Waals surface area contributed by atoms with E-state index in [-0.39, 0.29) is 0 Å². The summed E-state index contributed by atoms with van der Waals surface area (Å²) >= 11 is 0. The van der Waals surface area contributed by atoms with Gasteiger partial charge in [-0.3, -0.25) is 0 Å². The SMILES string of the molecule is COc1ccccc1CC[NH2+][C@@H](C)CCc1ccc(O)cc1. The summed E-state index contributed by atoms with van der Waals surface area (Å²) in [5.41, 5.74) is 2.55. The van der Waals surface area contributed by atoms with Crippen molar-refractivity contribution in [1.82, 2.24) is 0 Å². The number of quaternary nitrogens is 1. The third-order valence-corrected chi connectivity index (χ3v) is 4.00. The monoisotopic (exact) mass is 300 g/mol. The summed E-state index contributed by atoms with van der Waals surface area (Å²) in [6.45, 7) is 3.33. The molecule has 2 rings (SSSR count). The number of aryl methyl sites for hydroxylation is 1. The Kier molecular flexibility index (Phi) is 6.28. The number of rotatable bonds is 8. The number of ether oxygens (including phenoxy) is 1. The number of nitrogens with two attached hydrogens (primary N) is 1. The molecule has 0 saturated carbocycles. The van der Waals surface area contributed by atoms with Crippen LogP contribution in [-0.2, 0) is 12.8 Å². The van der Waals surface area contributed by atoms with Crippen LogP contribution in [0.4, 0.5) is 0 Å². The summed E-state index contributed by atoms with van der Waals surface area (Å²) < 4.78 is 5.38. The lowest BCUT2D eigenvalue weighted by molar-refractivity contribution is -0.686. The lowest BCUT2D eigenvalue weighted by Crippen LogP contribution is -2.89. The summed E-state index contributed by atoms with van der Waals surface area (Å²) in [5.74, 6) is 1.31. The summed E-state index contributed by atoms with van der Waals surface area (Å²) in [7, 11) is 1.73. The predicted octanol–water partition coefficient (Wildman–Crippen LogP) is 2.53. The maximum Gasteiger partial charge on any atom is 0.122 e. The molecule has 1 atom stereocenters. The molecule has 0 unspecified atom stereocenters. The van der Waals surface area contributed by atoms with Gasteiger partial charge in [-0.15, -0.1) is 0 Å². The Morgan fingerprint density at radius 2 is 1.77 bits per heavy atom. The van der Waals surface area contributed by atoms with Gasteiger partial charge >= 0.3 is 0 Å². The van der Waals surface area contributed by atoms with Crippen LogP contribution < -0.4 is 10.1 Å².